The Morgan fingerprint density at radius 1 is 0.458 bits per heavy atom. The molecule has 11 atom stereocenters. The Kier molecular flexibility index (Phi) is 27.2. The first-order valence-electron chi connectivity index (χ1n) is 41.2. The molecular formula is C94H101N11O12S3. The van der Waals surface area contributed by atoms with E-state index in [-0.39, 0.29) is 148 Å². The molecule has 0 spiro atoms. The van der Waals surface area contributed by atoms with E-state index >= 15 is 0 Å². The lowest BCUT2D eigenvalue weighted by Gasteiger charge is -2.36. The van der Waals surface area contributed by atoms with Crippen LogP contribution in [-0.4, -0.2) is 187 Å². The maximum atomic E-state index is 14.0. The molecule has 6 amide bonds. The van der Waals surface area contributed by atoms with E-state index in [9.17, 15) is 69.0 Å². The number of benzene rings is 6. The first-order valence-corrected chi connectivity index (χ1v) is 43.8. The van der Waals surface area contributed by atoms with Gasteiger partial charge in [-0.15, -0.1) is 34.0 Å². The minimum absolute atomic E-state index is 0.0498. The van der Waals surface area contributed by atoms with E-state index in [2.05, 4.69) is 39.2 Å². The molecule has 0 aliphatic carbocycles. The van der Waals surface area contributed by atoms with Gasteiger partial charge in [0.2, 0.25) is 17.7 Å². The quantitative estimate of drug-likeness (QED) is 0.0479. The number of nitrogens with zero attached hydrogens (tertiary/aromatic N) is 11. The molecule has 23 nitrogen and oxygen atoms in total. The number of Topliss-reactive ketones (excluding diaryl/α,β-unsaturated/α-hetero) is 3. The Balaban J connectivity index is 0.000000156. The number of rotatable bonds is 25. The molecule has 3 aromatic heterocycles. The average Bonchev–Trinajstić information content (AvgIpc) is 1.62. The molecule has 120 heavy (non-hydrogen) atoms. The van der Waals surface area contributed by atoms with E-state index in [0.717, 1.165) is 70.7 Å². The van der Waals surface area contributed by atoms with Crippen molar-refractivity contribution < 1.29 is 58.5 Å². The zero-order chi connectivity index (χ0) is 85.7. The van der Waals surface area contributed by atoms with Crippen LogP contribution in [-0.2, 0) is 61.2 Å². The number of carbonyl (C=O) groups is 9. The van der Waals surface area contributed by atoms with E-state index in [1.54, 1.807) is 81.4 Å². The van der Waals surface area contributed by atoms with Crippen molar-refractivity contribution in [3.05, 3.63) is 228 Å². The van der Waals surface area contributed by atoms with Gasteiger partial charge in [0.05, 0.1) is 108 Å². The fourth-order valence-corrected chi connectivity index (χ4v) is 20.1. The van der Waals surface area contributed by atoms with Gasteiger partial charge in [0, 0.05) is 106 Å². The molecule has 26 heteroatoms. The number of ketones is 3. The van der Waals surface area contributed by atoms with Crippen molar-refractivity contribution >= 4 is 86.8 Å². The summed E-state index contributed by atoms with van der Waals surface area (Å²) < 4.78 is 0. The van der Waals surface area contributed by atoms with Gasteiger partial charge in [0.15, 0.2) is 17.3 Å². The Labute approximate surface area is 712 Å². The second kappa shape index (κ2) is 37.7. The molecule has 0 bridgehead atoms. The molecule has 6 aliphatic heterocycles. The van der Waals surface area contributed by atoms with Crippen LogP contribution in [0.5, 0.6) is 0 Å². The molecule has 9 aromatic rings. The molecule has 15 rings (SSSR count). The first kappa shape index (κ1) is 86.7. The number of aliphatic hydroxyl groups is 3. The minimum atomic E-state index is -0.817. The second-order valence-electron chi connectivity index (χ2n) is 33.1. The molecule has 622 valence electrons. The molecule has 2 unspecified atom stereocenters. The number of β-amino-alcohol motifs (C(OH)–C–C–N with tert-alkyl or cyclic N) is 3. The van der Waals surface area contributed by atoms with Crippen LogP contribution in [0.1, 0.15) is 192 Å². The SMILES string of the molecule is CC[C@H](C)[C@@H](C(=O)N1C[C@H](O)C[C@H]1C(=O)CCc1ccc(-c2scnc2C)cc1)N1Cc2ccccc2C1=O.Cc1ncsc1-c1ccc(CCC(=O)[C@@H]2C[C@@H](O)CN2C(=O)C(C(C)C)N2Cc3c(C#N)cccc3C2=O)cc1.Cc1ncsc1-c1ccc([C@H](C)CC(=O)[C@@H]2C[C@@H](O)CN2C(=O)C(C(C)C)N2Cc3c(C#N)cccc3C2=O)cc1. The van der Waals surface area contributed by atoms with Crippen molar-refractivity contribution in [1.29, 1.82) is 10.5 Å². The number of hydrogen-bond acceptors (Lipinski definition) is 20. The van der Waals surface area contributed by atoms with Crippen molar-refractivity contribution in [3.8, 4) is 43.5 Å². The number of aliphatic hydroxyl groups excluding tert-OH is 3. The Hall–Kier alpha value is -11.1. The van der Waals surface area contributed by atoms with Crippen LogP contribution < -0.4 is 0 Å². The van der Waals surface area contributed by atoms with E-state index in [0.29, 0.717) is 64.8 Å². The smallest absolute Gasteiger partial charge is 0.255 e. The highest BCUT2D eigenvalue weighted by molar-refractivity contribution is 7.14. The van der Waals surface area contributed by atoms with Crippen molar-refractivity contribution in [1.82, 2.24) is 44.4 Å². The third kappa shape index (κ3) is 18.3. The second-order valence-corrected chi connectivity index (χ2v) is 35.6. The van der Waals surface area contributed by atoms with Gasteiger partial charge in [-0.05, 0) is 127 Å². The summed E-state index contributed by atoms with van der Waals surface area (Å²) in [5.41, 5.74) is 19.3. The van der Waals surface area contributed by atoms with Gasteiger partial charge in [0.1, 0.15) is 18.1 Å². The van der Waals surface area contributed by atoms with Gasteiger partial charge in [-0.3, -0.25) is 43.2 Å². The summed E-state index contributed by atoms with van der Waals surface area (Å²) in [5, 5.41) is 50.6. The van der Waals surface area contributed by atoms with Gasteiger partial charge in [-0.2, -0.15) is 10.5 Å². The molecule has 3 fully saturated rings. The highest BCUT2D eigenvalue weighted by Crippen LogP contribution is 2.39. The van der Waals surface area contributed by atoms with Crippen LogP contribution in [0, 0.1) is 61.2 Å². The molecular weight excluding hydrogens is 1570 g/mol. The predicted molar refractivity (Wildman–Crippen MR) is 459 cm³/mol. The number of fused-ring (bicyclic) bond motifs is 3. The first-order chi connectivity index (χ1) is 57.6. The molecule has 0 radical (unpaired) electrons. The van der Waals surface area contributed by atoms with E-state index in [1.807, 2.05) is 165 Å². The normalized spacial score (nSPS) is 19.7. The van der Waals surface area contributed by atoms with Gasteiger partial charge in [0.25, 0.3) is 17.7 Å². The standard InChI is InChI=1S/C32H34N4O4S.C31H32N4O4S.C31H35N3O4S/c1-18(2)29(36-16-26-23(14-33)6-5-7-25(26)31(36)39)32(40)35-15-24(37)13-27(35)28(38)12-19(3)21-8-10-22(11-9-21)30-20(4)34-17-41-30;1-18(2)28(35-16-25-22(14-32)5-4-6-24(25)30(35)38)31(39)34-15-23(36)13-26(34)27(37)12-9-20-7-10-21(11-8-20)29-19(3)33-17-40-29;1-4-19(2)28(34-16-23-7-5-6-8-25(23)30(34)37)31(38)33-17-24(35)15-26(33)27(36)14-11-21-9-12-22(13-10-21)29-20(3)32-18-39-29/h5-11,17-19,24,27,29,37H,12-13,15-16H2,1-4H3;4-8,10-11,17-18,23,26,28,36H,9,12-13,15-16H2,1-3H3;5-10,12-13,18-19,24,26,28,35H,4,11,14-17H2,1-3H3/t19-,24-,27+,29?;23-,26+,28?;19-,24+,26-,28-/m110/s1. The third-order valence-electron chi connectivity index (χ3n) is 24.3. The van der Waals surface area contributed by atoms with Gasteiger partial charge < -0.3 is 44.7 Å². The number of likely N-dealkylation sites (tertiary alicyclic amines) is 3. The molecule has 6 aliphatic rings. The van der Waals surface area contributed by atoms with Crippen molar-refractivity contribution in [2.45, 2.75) is 207 Å². The minimum Gasteiger partial charge on any atom is -0.391 e. The van der Waals surface area contributed by atoms with Gasteiger partial charge in [-0.25, -0.2) is 15.0 Å². The largest absolute Gasteiger partial charge is 0.391 e. The van der Waals surface area contributed by atoms with Crippen LogP contribution >= 0.6 is 34.0 Å². The Bertz CT molecular complexity index is 5430. The Morgan fingerprint density at radius 3 is 1.18 bits per heavy atom. The summed E-state index contributed by atoms with van der Waals surface area (Å²) in [5.74, 6) is -2.55. The topological polar surface area (TPSA) is 320 Å². The van der Waals surface area contributed by atoms with E-state index in [1.165, 1.54) is 24.5 Å². The molecule has 3 saturated heterocycles. The van der Waals surface area contributed by atoms with Crippen LogP contribution in [0.3, 0.4) is 0 Å². The van der Waals surface area contributed by atoms with Gasteiger partial charge >= 0.3 is 0 Å². The highest BCUT2D eigenvalue weighted by Gasteiger charge is 2.50. The van der Waals surface area contributed by atoms with Crippen LogP contribution in [0.15, 0.2) is 150 Å². The van der Waals surface area contributed by atoms with Crippen molar-refractivity contribution in [3.63, 3.8) is 0 Å². The molecule has 3 N–H and O–H groups in total. The van der Waals surface area contributed by atoms with Gasteiger partial charge in [-0.1, -0.05) is 158 Å². The fraction of sp³-hybridized carbons (Fsp3) is 0.404. The number of thiazole rings is 3. The summed E-state index contributed by atoms with van der Waals surface area (Å²) in [6.45, 7) is 20.3. The molecule has 6 aromatic carbocycles. The monoisotopic (exact) mass is 1670 g/mol. The number of amides is 6. The number of nitriles is 2. The van der Waals surface area contributed by atoms with E-state index < -0.39 is 54.6 Å². The fourth-order valence-electron chi connectivity index (χ4n) is 17.7. The van der Waals surface area contributed by atoms with Crippen LogP contribution in [0.4, 0.5) is 0 Å². The zero-order valence-electron chi connectivity index (χ0n) is 69.2. The van der Waals surface area contributed by atoms with Crippen LogP contribution in [0.2, 0.25) is 0 Å². The lowest BCUT2D eigenvalue weighted by Crippen LogP contribution is -2.54. The summed E-state index contributed by atoms with van der Waals surface area (Å²) in [7, 11) is 0. The maximum Gasteiger partial charge on any atom is 0.255 e. The number of hydrogen-bond donors (Lipinski definition) is 3. The predicted octanol–water partition coefficient (Wildman–Crippen LogP) is 13.5. The number of carbonyl (C=O) groups excluding carboxylic acids is 9. The summed E-state index contributed by atoms with van der Waals surface area (Å²) >= 11 is 4.79. The molecule has 0 saturated carbocycles. The van der Waals surface area contributed by atoms with Crippen LogP contribution in [0.25, 0.3) is 31.3 Å². The summed E-state index contributed by atoms with van der Waals surface area (Å²) in [6.07, 6.45) is 0.778. The zero-order valence-corrected chi connectivity index (χ0v) is 71.7. The third-order valence-corrected chi connectivity index (χ3v) is 27.3. The van der Waals surface area contributed by atoms with Crippen molar-refractivity contribution in [2.24, 2.45) is 17.8 Å². The lowest BCUT2D eigenvalue weighted by molar-refractivity contribution is -0.143. The Morgan fingerprint density at radius 2 is 0.817 bits per heavy atom. The van der Waals surface area contributed by atoms with E-state index in [4.69, 9.17) is 0 Å². The van der Waals surface area contributed by atoms with Crippen molar-refractivity contribution in [2.75, 3.05) is 19.6 Å². The maximum absolute atomic E-state index is 14.0. The molecule has 9 heterocycles. The number of aromatic nitrogens is 3. The average molecular weight is 1670 g/mol. The summed E-state index contributed by atoms with van der Waals surface area (Å²) in [6, 6.07) is 41.7. The lowest BCUT2D eigenvalue weighted by atomic mass is 9.91. The number of aryl methyl sites for hydroxylation is 5. The highest BCUT2D eigenvalue weighted by atomic mass is 32.1. The summed E-state index contributed by atoms with van der Waals surface area (Å²) in [4.78, 5) is 148.